The number of ether oxygens (including phenoxy) is 1. The van der Waals surface area contributed by atoms with Gasteiger partial charge < -0.3 is 4.74 Å². The summed E-state index contributed by atoms with van der Waals surface area (Å²) < 4.78 is 57.1. The molecule has 1 aromatic rings. The molecular weight excluding hydrogens is 304 g/mol. The van der Waals surface area contributed by atoms with Gasteiger partial charge in [-0.2, -0.15) is 4.31 Å². The van der Waals surface area contributed by atoms with Crippen molar-refractivity contribution >= 4 is 16.0 Å². The van der Waals surface area contributed by atoms with E-state index in [-0.39, 0.29) is 25.0 Å². The summed E-state index contributed by atoms with van der Waals surface area (Å²) in [7, 11) is -2.83. The maximum atomic E-state index is 13.6. The third kappa shape index (κ3) is 3.21. The molecule has 0 aliphatic carbocycles. The average molecular weight is 319 g/mol. The average Bonchev–Trinajstić information content (AvgIpc) is 2.49. The third-order valence-corrected chi connectivity index (χ3v) is 5.41. The monoisotopic (exact) mass is 319 g/mol. The Morgan fingerprint density at radius 2 is 1.90 bits per heavy atom. The van der Waals surface area contributed by atoms with Crippen LogP contribution in [0.2, 0.25) is 0 Å². The summed E-state index contributed by atoms with van der Waals surface area (Å²) >= 11 is 0. The van der Waals surface area contributed by atoms with Crippen LogP contribution < -0.4 is 0 Å². The molecule has 1 heterocycles. The maximum Gasteiger partial charge on any atom is 0.308 e. The summed E-state index contributed by atoms with van der Waals surface area (Å²) in [4.78, 5) is 10.7. The highest BCUT2D eigenvalue weighted by Gasteiger charge is 2.34. The van der Waals surface area contributed by atoms with Gasteiger partial charge in [0.05, 0.1) is 13.0 Å². The number of hydrogen-bond acceptors (Lipinski definition) is 4. The molecule has 21 heavy (non-hydrogen) atoms. The van der Waals surface area contributed by atoms with Crippen molar-refractivity contribution in [2.75, 3.05) is 20.2 Å². The molecule has 8 heteroatoms. The molecule has 1 fully saturated rings. The van der Waals surface area contributed by atoms with Crippen LogP contribution in [-0.4, -0.2) is 38.9 Å². The number of rotatable bonds is 3. The van der Waals surface area contributed by atoms with E-state index in [1.54, 1.807) is 0 Å². The molecule has 1 aliphatic heterocycles. The molecule has 0 amide bonds. The maximum absolute atomic E-state index is 13.6. The van der Waals surface area contributed by atoms with E-state index in [9.17, 15) is 22.0 Å². The molecule has 0 radical (unpaired) electrons. The van der Waals surface area contributed by atoms with Crippen molar-refractivity contribution < 1.29 is 26.7 Å². The number of piperidine rings is 1. The van der Waals surface area contributed by atoms with Gasteiger partial charge in [0.2, 0.25) is 10.0 Å². The Labute approximate surface area is 121 Å². The van der Waals surface area contributed by atoms with Crippen molar-refractivity contribution in [2.24, 2.45) is 5.92 Å². The molecule has 0 atom stereocenters. The van der Waals surface area contributed by atoms with Crippen LogP contribution in [0.3, 0.4) is 0 Å². The summed E-state index contributed by atoms with van der Waals surface area (Å²) in [6.07, 6.45) is 0.589. The number of esters is 1. The van der Waals surface area contributed by atoms with Crippen molar-refractivity contribution in [3.8, 4) is 0 Å². The Morgan fingerprint density at radius 3 is 2.48 bits per heavy atom. The highest BCUT2D eigenvalue weighted by molar-refractivity contribution is 7.89. The first-order valence-corrected chi connectivity index (χ1v) is 7.83. The fourth-order valence-corrected chi connectivity index (χ4v) is 3.86. The molecule has 2 rings (SSSR count). The van der Waals surface area contributed by atoms with Crippen molar-refractivity contribution in [3.05, 3.63) is 29.8 Å². The van der Waals surface area contributed by atoms with E-state index in [2.05, 4.69) is 4.74 Å². The van der Waals surface area contributed by atoms with Crippen LogP contribution in [0, 0.1) is 17.6 Å². The molecule has 1 saturated heterocycles. The van der Waals surface area contributed by atoms with E-state index in [1.807, 2.05) is 0 Å². The van der Waals surface area contributed by atoms with Gasteiger partial charge in [0.15, 0.2) is 0 Å². The van der Waals surface area contributed by atoms with Gasteiger partial charge in [-0.3, -0.25) is 4.79 Å². The van der Waals surface area contributed by atoms with Gasteiger partial charge in [0.25, 0.3) is 0 Å². The lowest BCUT2D eigenvalue weighted by atomic mass is 9.99. The van der Waals surface area contributed by atoms with Gasteiger partial charge in [-0.25, -0.2) is 17.2 Å². The van der Waals surface area contributed by atoms with Crippen LogP contribution in [0.25, 0.3) is 0 Å². The highest BCUT2D eigenvalue weighted by atomic mass is 32.2. The SMILES string of the molecule is COC(=O)C1CCN(S(=O)(=O)c2cc(F)ccc2F)CC1. The Morgan fingerprint density at radius 1 is 1.29 bits per heavy atom. The fourth-order valence-electron chi connectivity index (χ4n) is 2.31. The van der Waals surface area contributed by atoms with Crippen LogP contribution in [0.15, 0.2) is 23.1 Å². The van der Waals surface area contributed by atoms with Gasteiger partial charge in [-0.05, 0) is 31.0 Å². The van der Waals surface area contributed by atoms with Crippen LogP contribution in [0.4, 0.5) is 8.78 Å². The number of carbonyl (C=O) groups excluding carboxylic acids is 1. The number of benzene rings is 1. The van der Waals surface area contributed by atoms with Gasteiger partial charge in [-0.1, -0.05) is 0 Å². The number of hydrogen-bond donors (Lipinski definition) is 0. The zero-order chi connectivity index (χ0) is 15.6. The molecule has 0 unspecified atom stereocenters. The first-order chi connectivity index (χ1) is 9.86. The second-order valence-corrected chi connectivity index (χ2v) is 6.68. The van der Waals surface area contributed by atoms with Gasteiger partial charge in [0, 0.05) is 13.1 Å². The van der Waals surface area contributed by atoms with E-state index in [1.165, 1.54) is 7.11 Å². The summed E-state index contributed by atoms with van der Waals surface area (Å²) in [5, 5.41) is 0. The predicted molar refractivity (Wildman–Crippen MR) is 69.9 cm³/mol. The quantitative estimate of drug-likeness (QED) is 0.793. The largest absolute Gasteiger partial charge is 0.469 e. The lowest BCUT2D eigenvalue weighted by Gasteiger charge is -2.29. The topological polar surface area (TPSA) is 63.7 Å². The normalized spacial score (nSPS) is 17.7. The number of methoxy groups -OCH3 is 1. The standard InChI is InChI=1S/C13H15F2NO4S/c1-20-13(17)9-4-6-16(7-5-9)21(18,19)12-8-10(14)2-3-11(12)15/h2-3,8-9H,4-7H2,1H3. The van der Waals surface area contributed by atoms with Crippen molar-refractivity contribution in [3.63, 3.8) is 0 Å². The molecule has 0 spiro atoms. The van der Waals surface area contributed by atoms with Crippen LogP contribution in [0.5, 0.6) is 0 Å². The zero-order valence-corrected chi connectivity index (χ0v) is 12.2. The Bertz CT molecular complexity index is 640. The lowest BCUT2D eigenvalue weighted by molar-refractivity contribution is -0.146. The first kappa shape index (κ1) is 15.8. The fraction of sp³-hybridized carbons (Fsp3) is 0.462. The molecule has 0 bridgehead atoms. The summed E-state index contributed by atoms with van der Waals surface area (Å²) in [6.45, 7) is 0.135. The molecule has 1 aromatic carbocycles. The van der Waals surface area contributed by atoms with Crippen LogP contribution in [-0.2, 0) is 19.6 Å². The second kappa shape index (κ2) is 6.07. The van der Waals surface area contributed by atoms with E-state index in [4.69, 9.17) is 0 Å². The van der Waals surface area contributed by atoms with Crippen LogP contribution >= 0.6 is 0 Å². The molecule has 5 nitrogen and oxygen atoms in total. The number of nitrogens with zero attached hydrogens (tertiary/aromatic N) is 1. The molecule has 0 N–H and O–H groups in total. The zero-order valence-electron chi connectivity index (χ0n) is 11.4. The summed E-state index contributed by atoms with van der Waals surface area (Å²) in [5.74, 6) is -2.56. The molecule has 0 aromatic heterocycles. The minimum absolute atomic E-state index is 0.0675. The molecule has 116 valence electrons. The van der Waals surface area contributed by atoms with Crippen molar-refractivity contribution in [1.82, 2.24) is 4.31 Å². The smallest absolute Gasteiger partial charge is 0.308 e. The van der Waals surface area contributed by atoms with E-state index < -0.39 is 26.6 Å². The Hall–Kier alpha value is -1.54. The van der Waals surface area contributed by atoms with Crippen molar-refractivity contribution in [1.29, 1.82) is 0 Å². The van der Waals surface area contributed by atoms with Gasteiger partial charge in [0.1, 0.15) is 16.5 Å². The van der Waals surface area contributed by atoms with E-state index in [0.29, 0.717) is 18.9 Å². The van der Waals surface area contributed by atoms with E-state index in [0.717, 1.165) is 16.4 Å². The molecule has 0 saturated carbocycles. The number of sulfonamides is 1. The second-order valence-electron chi connectivity index (χ2n) is 4.78. The predicted octanol–water partition coefficient (Wildman–Crippen LogP) is 1.54. The van der Waals surface area contributed by atoms with Crippen LogP contribution in [0.1, 0.15) is 12.8 Å². The number of carbonyl (C=O) groups is 1. The Kier molecular flexibility index (Phi) is 4.58. The lowest BCUT2D eigenvalue weighted by Crippen LogP contribution is -2.40. The summed E-state index contributed by atoms with van der Waals surface area (Å²) in [6, 6.07) is 2.30. The van der Waals surface area contributed by atoms with Crippen molar-refractivity contribution in [2.45, 2.75) is 17.7 Å². The number of halogens is 2. The third-order valence-electron chi connectivity index (χ3n) is 3.50. The minimum Gasteiger partial charge on any atom is -0.469 e. The molecular formula is C13H15F2NO4S. The minimum atomic E-state index is -4.10. The van der Waals surface area contributed by atoms with Gasteiger partial charge in [-0.15, -0.1) is 0 Å². The Balaban J connectivity index is 2.19. The summed E-state index contributed by atoms with van der Waals surface area (Å²) in [5.41, 5.74) is 0. The van der Waals surface area contributed by atoms with E-state index >= 15 is 0 Å². The molecule has 1 aliphatic rings. The highest BCUT2D eigenvalue weighted by Crippen LogP contribution is 2.26. The van der Waals surface area contributed by atoms with Gasteiger partial charge >= 0.3 is 5.97 Å². The first-order valence-electron chi connectivity index (χ1n) is 6.39.